The molecule has 0 aromatic heterocycles. The van der Waals surface area contributed by atoms with Gasteiger partial charge in [0.05, 0.1) is 0 Å². The summed E-state index contributed by atoms with van der Waals surface area (Å²) in [6.45, 7) is 10.6. The second-order valence-corrected chi connectivity index (χ2v) is 3.48. The third-order valence-electron chi connectivity index (χ3n) is 1.98. The van der Waals surface area contributed by atoms with Crippen LogP contribution in [0.4, 0.5) is 4.79 Å². The van der Waals surface area contributed by atoms with Crippen LogP contribution in [0.25, 0.3) is 0 Å². The molecule has 0 fully saturated rings. The quantitative estimate of drug-likeness (QED) is 0.514. The molecule has 0 radical (unpaired) electrons. The normalized spacial score (nSPS) is 11.8. The highest BCUT2D eigenvalue weighted by atomic mass is 16.5. The first-order valence-corrected chi connectivity index (χ1v) is 5.67. The maximum atomic E-state index is 10.7. The Hall–Kier alpha value is -1.71. The van der Waals surface area contributed by atoms with Crippen molar-refractivity contribution in [1.82, 2.24) is 5.32 Å². The summed E-state index contributed by atoms with van der Waals surface area (Å²) >= 11 is 0. The van der Waals surface area contributed by atoms with E-state index in [4.69, 9.17) is 4.74 Å². The molecule has 0 saturated heterocycles. The molecule has 0 amide bonds. The largest absolute Gasteiger partial charge is 0.469 e. The second kappa shape index (κ2) is 9.52. The predicted octanol–water partition coefficient (Wildman–Crippen LogP) is 1.94. The lowest BCUT2D eigenvalue weighted by molar-refractivity contribution is 0.184. The van der Waals surface area contributed by atoms with Crippen LogP contribution in [0.15, 0.2) is 48.7 Å². The minimum Gasteiger partial charge on any atom is -0.469 e. The van der Waals surface area contributed by atoms with Crippen molar-refractivity contribution in [3.05, 3.63) is 48.7 Å². The number of carbonyl (C=O) groups excluding carboxylic acids is 1. The van der Waals surface area contributed by atoms with Gasteiger partial charge in [-0.15, -0.1) is 0 Å². The molecular formula is C13H20BNO2. The smallest absolute Gasteiger partial charge is 0.243 e. The van der Waals surface area contributed by atoms with Crippen molar-refractivity contribution in [2.45, 2.75) is 13.3 Å². The highest BCUT2D eigenvalue weighted by Crippen LogP contribution is 2.00. The van der Waals surface area contributed by atoms with Gasteiger partial charge < -0.3 is 10.1 Å². The maximum absolute atomic E-state index is 10.7. The Morgan fingerprint density at radius 3 is 2.53 bits per heavy atom. The van der Waals surface area contributed by atoms with Crippen LogP contribution in [0, 0.1) is 0 Å². The molecule has 0 aliphatic heterocycles. The summed E-state index contributed by atoms with van der Waals surface area (Å²) in [5.41, 5.74) is 1.78. The van der Waals surface area contributed by atoms with Gasteiger partial charge in [0.15, 0.2) is 0 Å². The van der Waals surface area contributed by atoms with Crippen molar-refractivity contribution in [2.75, 3.05) is 13.2 Å². The van der Waals surface area contributed by atoms with Crippen LogP contribution < -0.4 is 5.32 Å². The molecule has 1 N–H and O–H groups in total. The minimum absolute atomic E-state index is 0.244. The Kier molecular flexibility index (Phi) is 8.56. The Morgan fingerprint density at radius 2 is 2.06 bits per heavy atom. The lowest BCUT2D eigenvalue weighted by Gasteiger charge is -2.05. The third kappa shape index (κ3) is 8.14. The van der Waals surface area contributed by atoms with Crippen molar-refractivity contribution < 1.29 is 9.53 Å². The zero-order valence-electron chi connectivity index (χ0n) is 10.7. The minimum atomic E-state index is -0.296. The van der Waals surface area contributed by atoms with E-state index in [0.717, 1.165) is 24.2 Å². The van der Waals surface area contributed by atoms with E-state index >= 15 is 0 Å². The van der Waals surface area contributed by atoms with E-state index in [0.29, 0.717) is 0 Å². The Balaban J connectivity index is 4.47. The second-order valence-electron chi connectivity index (χ2n) is 3.48. The maximum Gasteiger partial charge on any atom is 0.243 e. The first-order chi connectivity index (χ1) is 8.13. The van der Waals surface area contributed by atoms with Crippen LogP contribution in [0.1, 0.15) is 13.3 Å². The molecular weight excluding hydrogens is 213 g/mol. The van der Waals surface area contributed by atoms with E-state index in [9.17, 15) is 4.79 Å². The van der Waals surface area contributed by atoms with Crippen LogP contribution in [0.3, 0.4) is 0 Å². The first kappa shape index (κ1) is 15.3. The number of allylic oxidation sites excluding steroid dienone is 3. The van der Waals surface area contributed by atoms with Gasteiger partial charge >= 0.3 is 0 Å². The monoisotopic (exact) mass is 233 g/mol. The molecule has 4 heteroatoms. The van der Waals surface area contributed by atoms with Gasteiger partial charge in [0.25, 0.3) is 0 Å². The van der Waals surface area contributed by atoms with E-state index in [1.54, 1.807) is 12.2 Å². The van der Waals surface area contributed by atoms with Crippen molar-refractivity contribution in [1.29, 1.82) is 0 Å². The molecule has 0 aromatic carbocycles. The fraction of sp³-hybridized carbons (Fsp3) is 0.308. The van der Waals surface area contributed by atoms with E-state index in [1.165, 1.54) is 7.85 Å². The number of hydrogen-bond acceptors (Lipinski definition) is 3. The van der Waals surface area contributed by atoms with Gasteiger partial charge in [-0.3, -0.25) is 4.79 Å². The standard InChI is InChI=1S/C13H20BNO2/c1-4-9-15-12(6-3)8-7-11(5-2)10-17-13(14)16/h5-8,15H,2-4,9-10,14H2,1H3/b11-7+,12-8+. The zero-order valence-corrected chi connectivity index (χ0v) is 10.7. The Morgan fingerprint density at radius 1 is 1.35 bits per heavy atom. The highest BCUT2D eigenvalue weighted by molar-refractivity contribution is 6.55. The van der Waals surface area contributed by atoms with Crippen LogP contribution >= 0.6 is 0 Å². The van der Waals surface area contributed by atoms with Crippen LogP contribution in [0.2, 0.25) is 0 Å². The van der Waals surface area contributed by atoms with Crippen LogP contribution in [-0.4, -0.2) is 26.9 Å². The number of nitrogens with one attached hydrogen (secondary N) is 1. The van der Waals surface area contributed by atoms with Gasteiger partial charge in [-0.1, -0.05) is 32.2 Å². The fourth-order valence-corrected chi connectivity index (χ4v) is 1.03. The summed E-state index contributed by atoms with van der Waals surface area (Å²) in [7, 11) is 1.38. The van der Waals surface area contributed by atoms with Gasteiger partial charge in [0.2, 0.25) is 13.7 Å². The average Bonchev–Trinajstić information content (AvgIpc) is 2.32. The summed E-state index contributed by atoms with van der Waals surface area (Å²) in [5.74, 6) is -0.296. The van der Waals surface area contributed by atoms with Crippen molar-refractivity contribution >= 4 is 13.7 Å². The molecule has 92 valence electrons. The van der Waals surface area contributed by atoms with Gasteiger partial charge in [0, 0.05) is 12.2 Å². The van der Waals surface area contributed by atoms with Crippen molar-refractivity contribution in [3.8, 4) is 0 Å². The lowest BCUT2D eigenvalue weighted by atomic mass is 10.2. The summed E-state index contributed by atoms with van der Waals surface area (Å²) in [5, 5.41) is 3.22. The van der Waals surface area contributed by atoms with Crippen molar-refractivity contribution in [2.24, 2.45) is 0 Å². The summed E-state index contributed by atoms with van der Waals surface area (Å²) in [6, 6.07) is 0. The molecule has 0 heterocycles. The zero-order chi connectivity index (χ0) is 13.1. The van der Waals surface area contributed by atoms with Gasteiger partial charge in [0.1, 0.15) is 6.61 Å². The van der Waals surface area contributed by atoms with E-state index in [1.807, 2.05) is 12.2 Å². The molecule has 0 aliphatic carbocycles. The van der Waals surface area contributed by atoms with Crippen molar-refractivity contribution in [3.63, 3.8) is 0 Å². The van der Waals surface area contributed by atoms with Crippen LogP contribution in [0.5, 0.6) is 0 Å². The van der Waals surface area contributed by atoms with Gasteiger partial charge in [-0.25, -0.2) is 0 Å². The van der Waals surface area contributed by atoms with Gasteiger partial charge in [-0.05, 0) is 24.1 Å². The fourth-order valence-electron chi connectivity index (χ4n) is 1.03. The molecule has 3 nitrogen and oxygen atoms in total. The summed E-state index contributed by atoms with van der Waals surface area (Å²) in [6.07, 6.45) is 8.22. The Bertz CT molecular complexity index is 332. The van der Waals surface area contributed by atoms with Gasteiger partial charge in [-0.2, -0.15) is 0 Å². The molecule has 0 bridgehead atoms. The molecule has 0 spiro atoms. The molecule has 17 heavy (non-hydrogen) atoms. The predicted molar refractivity (Wildman–Crippen MR) is 74.7 cm³/mol. The highest BCUT2D eigenvalue weighted by Gasteiger charge is 1.95. The van der Waals surface area contributed by atoms with E-state index < -0.39 is 0 Å². The molecule has 0 saturated carbocycles. The van der Waals surface area contributed by atoms with Crippen LogP contribution in [-0.2, 0) is 4.74 Å². The average molecular weight is 233 g/mol. The molecule has 0 aromatic rings. The SMILES string of the molecule is BC(=O)OC/C(C=C)=C/C=C(\C=C)NCCC. The molecule has 0 unspecified atom stereocenters. The number of ether oxygens (including phenoxy) is 1. The topological polar surface area (TPSA) is 38.3 Å². The molecule has 0 aliphatic rings. The lowest BCUT2D eigenvalue weighted by Crippen LogP contribution is -2.12. The molecule has 0 atom stereocenters. The number of hydrogen-bond donors (Lipinski definition) is 1. The number of rotatable bonds is 8. The van der Waals surface area contributed by atoms with E-state index in [2.05, 4.69) is 25.4 Å². The summed E-state index contributed by atoms with van der Waals surface area (Å²) in [4.78, 5) is 10.7. The number of carbonyl (C=O) groups is 1. The molecule has 0 rings (SSSR count). The summed E-state index contributed by atoms with van der Waals surface area (Å²) < 4.78 is 4.89. The first-order valence-electron chi connectivity index (χ1n) is 5.67. The third-order valence-corrected chi connectivity index (χ3v) is 1.98. The Labute approximate surface area is 104 Å². The van der Waals surface area contributed by atoms with E-state index in [-0.39, 0.29) is 12.5 Å².